The van der Waals surface area contributed by atoms with E-state index in [0.29, 0.717) is 0 Å². The maximum Gasteiger partial charge on any atom is 0.235 e. The summed E-state index contributed by atoms with van der Waals surface area (Å²) >= 11 is 6.01. The Morgan fingerprint density at radius 2 is 1.86 bits per heavy atom. The Kier molecular flexibility index (Phi) is 4.18. The van der Waals surface area contributed by atoms with Crippen molar-refractivity contribution in [3.05, 3.63) is 28.3 Å². The summed E-state index contributed by atoms with van der Waals surface area (Å²) in [5, 5.41) is 20.9. The second kappa shape index (κ2) is 6.17. The molecular formula is C19H15ClFNO7. The number of phenols is 1. The van der Waals surface area contributed by atoms with Crippen LogP contribution < -0.4 is 5.73 Å². The molecule has 152 valence electrons. The normalized spacial score (nSPS) is 36.3. The molecule has 10 heteroatoms. The molecule has 0 aliphatic heterocycles. The minimum absolute atomic E-state index is 0.116. The zero-order valence-corrected chi connectivity index (χ0v) is 15.5. The van der Waals surface area contributed by atoms with Gasteiger partial charge in [0.1, 0.15) is 11.9 Å². The van der Waals surface area contributed by atoms with Gasteiger partial charge >= 0.3 is 0 Å². The highest BCUT2D eigenvalue weighted by Gasteiger charge is 2.67. The lowest BCUT2D eigenvalue weighted by Crippen LogP contribution is -2.68. The van der Waals surface area contributed by atoms with E-state index in [2.05, 4.69) is 0 Å². The largest absolute Gasteiger partial charge is 0.507 e. The predicted octanol–water partition coefficient (Wildman–Crippen LogP) is 0.448. The SMILES string of the molecule is NC(=O)C1C(=O)C[C@@H]2C[C@H]3C(C(=O)c4c(O)ccc(Cl)c4[C@H]3F)C(=O)[C@]2(O)C1=O. The first-order chi connectivity index (χ1) is 13.5. The first-order valence-electron chi connectivity index (χ1n) is 8.84. The van der Waals surface area contributed by atoms with Crippen molar-refractivity contribution in [1.29, 1.82) is 0 Å². The standard InChI is InChI=1S/C19H15ClFNO7/c20-7-1-2-8(23)12-11(7)14(21)6-3-5-4-9(24)13(18(22)28)17(27)19(5,29)16(26)10(6)15(12)25/h1-2,5-6,10,13-14,23,29H,3-4H2,(H2,22,28)/t5-,6-,10?,13?,14-,19-/m0/s1. The molecule has 0 bridgehead atoms. The molecule has 4 N–H and O–H groups in total. The van der Waals surface area contributed by atoms with E-state index >= 15 is 4.39 Å². The van der Waals surface area contributed by atoms with Crippen LogP contribution in [0.5, 0.6) is 5.75 Å². The Labute approximate surface area is 167 Å². The molecule has 4 rings (SSSR count). The summed E-state index contributed by atoms with van der Waals surface area (Å²) in [5.74, 6) is -12.8. The van der Waals surface area contributed by atoms with Crippen LogP contribution in [0, 0.1) is 23.7 Å². The molecule has 1 aromatic rings. The minimum Gasteiger partial charge on any atom is -0.507 e. The number of Topliss-reactive ketones (excluding diaryl/α,β-unsaturated/α-hetero) is 4. The number of hydrogen-bond donors (Lipinski definition) is 3. The molecule has 29 heavy (non-hydrogen) atoms. The van der Waals surface area contributed by atoms with E-state index in [0.717, 1.165) is 6.07 Å². The van der Waals surface area contributed by atoms with E-state index < -0.39 is 82.2 Å². The second-order valence-electron chi connectivity index (χ2n) is 7.70. The van der Waals surface area contributed by atoms with E-state index in [1.165, 1.54) is 6.07 Å². The van der Waals surface area contributed by atoms with Crippen molar-refractivity contribution in [2.75, 3.05) is 0 Å². The number of benzene rings is 1. The third-order valence-electron chi connectivity index (χ3n) is 6.28. The number of rotatable bonds is 1. The average Bonchev–Trinajstić information content (AvgIpc) is 2.64. The van der Waals surface area contributed by atoms with Crippen LogP contribution in [0.1, 0.15) is 34.9 Å². The second-order valence-corrected chi connectivity index (χ2v) is 8.10. The first-order valence-corrected chi connectivity index (χ1v) is 9.22. The lowest BCUT2D eigenvalue weighted by molar-refractivity contribution is -0.177. The van der Waals surface area contributed by atoms with Crippen molar-refractivity contribution < 1.29 is 38.6 Å². The van der Waals surface area contributed by atoms with Gasteiger partial charge < -0.3 is 15.9 Å². The maximum atomic E-state index is 15.4. The van der Waals surface area contributed by atoms with Gasteiger partial charge in [0, 0.05) is 28.8 Å². The number of phenolic OH excluding ortho intramolecular Hbond substituents is 1. The predicted molar refractivity (Wildman–Crippen MR) is 93.7 cm³/mol. The summed E-state index contributed by atoms with van der Waals surface area (Å²) < 4.78 is 15.4. The molecule has 1 aromatic carbocycles. The summed E-state index contributed by atoms with van der Waals surface area (Å²) in [7, 11) is 0. The van der Waals surface area contributed by atoms with Gasteiger partial charge in [0.15, 0.2) is 34.7 Å². The molecule has 3 aliphatic carbocycles. The number of nitrogens with two attached hydrogens (primary N) is 1. The zero-order chi connectivity index (χ0) is 21.4. The van der Waals surface area contributed by atoms with Gasteiger partial charge in [-0.15, -0.1) is 0 Å². The molecule has 2 saturated carbocycles. The van der Waals surface area contributed by atoms with Crippen molar-refractivity contribution in [3.8, 4) is 5.75 Å². The molecule has 0 heterocycles. The highest BCUT2D eigenvalue weighted by atomic mass is 35.5. The van der Waals surface area contributed by atoms with E-state index in [4.69, 9.17) is 17.3 Å². The number of carbonyl (C=O) groups is 5. The van der Waals surface area contributed by atoms with Gasteiger partial charge in [-0.1, -0.05) is 11.6 Å². The number of aromatic hydroxyl groups is 1. The fourth-order valence-electron chi connectivity index (χ4n) is 4.92. The fourth-order valence-corrected chi connectivity index (χ4v) is 5.18. The van der Waals surface area contributed by atoms with Crippen LogP contribution in [0.15, 0.2) is 12.1 Å². The van der Waals surface area contributed by atoms with Crippen molar-refractivity contribution >= 4 is 40.6 Å². The van der Waals surface area contributed by atoms with E-state index in [1.807, 2.05) is 0 Å². The van der Waals surface area contributed by atoms with Crippen LogP contribution in [-0.4, -0.2) is 44.9 Å². The molecule has 0 aromatic heterocycles. The van der Waals surface area contributed by atoms with E-state index in [-0.39, 0.29) is 17.0 Å². The van der Waals surface area contributed by atoms with Crippen LogP contribution >= 0.6 is 11.6 Å². The van der Waals surface area contributed by atoms with Crippen LogP contribution in [0.25, 0.3) is 0 Å². The quantitative estimate of drug-likeness (QED) is 0.554. The van der Waals surface area contributed by atoms with Crippen LogP contribution in [0.2, 0.25) is 5.02 Å². The molecule has 0 saturated heterocycles. The fraction of sp³-hybridized carbons (Fsp3) is 0.421. The van der Waals surface area contributed by atoms with E-state index in [9.17, 15) is 34.2 Å². The van der Waals surface area contributed by atoms with Crippen LogP contribution in [0.3, 0.4) is 0 Å². The zero-order valence-electron chi connectivity index (χ0n) is 14.7. The van der Waals surface area contributed by atoms with E-state index in [1.54, 1.807) is 0 Å². The van der Waals surface area contributed by atoms with Gasteiger partial charge in [0.05, 0.1) is 11.5 Å². The lowest BCUT2D eigenvalue weighted by atomic mass is 9.53. The van der Waals surface area contributed by atoms with Crippen molar-refractivity contribution in [2.45, 2.75) is 24.6 Å². The van der Waals surface area contributed by atoms with Crippen molar-refractivity contribution in [3.63, 3.8) is 0 Å². The average molecular weight is 424 g/mol. The Balaban J connectivity index is 1.87. The number of amides is 1. The highest BCUT2D eigenvalue weighted by Crippen LogP contribution is 2.55. The number of hydrogen-bond acceptors (Lipinski definition) is 7. The Bertz CT molecular complexity index is 1020. The number of ketones is 4. The van der Waals surface area contributed by atoms with Gasteiger partial charge in [-0.3, -0.25) is 24.0 Å². The number of aliphatic hydroxyl groups is 1. The minimum atomic E-state index is -2.81. The Hall–Kier alpha value is -2.65. The summed E-state index contributed by atoms with van der Waals surface area (Å²) in [5.41, 5.74) is 1.52. The van der Waals surface area contributed by atoms with Gasteiger partial charge in [-0.2, -0.15) is 0 Å². The third kappa shape index (κ3) is 2.37. The summed E-state index contributed by atoms with van der Waals surface area (Å²) in [6, 6.07) is 2.28. The number of halogens is 2. The molecule has 3 aliphatic rings. The van der Waals surface area contributed by atoms with Gasteiger partial charge in [0.25, 0.3) is 0 Å². The van der Waals surface area contributed by atoms with Crippen LogP contribution in [0.4, 0.5) is 4.39 Å². The third-order valence-corrected chi connectivity index (χ3v) is 6.61. The topological polar surface area (TPSA) is 152 Å². The van der Waals surface area contributed by atoms with Crippen molar-refractivity contribution in [1.82, 2.24) is 0 Å². The summed E-state index contributed by atoms with van der Waals surface area (Å²) in [6.45, 7) is 0. The summed E-state index contributed by atoms with van der Waals surface area (Å²) in [4.78, 5) is 62.5. The molecule has 1 amide bonds. The smallest absolute Gasteiger partial charge is 0.235 e. The molecule has 2 fully saturated rings. The van der Waals surface area contributed by atoms with Gasteiger partial charge in [-0.05, 0) is 18.6 Å². The number of primary amides is 1. The maximum absolute atomic E-state index is 15.4. The molecule has 6 atom stereocenters. The number of fused-ring (bicyclic) bond motifs is 3. The molecule has 2 unspecified atom stereocenters. The van der Waals surface area contributed by atoms with Crippen LogP contribution in [-0.2, 0) is 19.2 Å². The van der Waals surface area contributed by atoms with Gasteiger partial charge in [0.2, 0.25) is 5.91 Å². The number of carbonyl (C=O) groups excluding carboxylic acids is 5. The molecule has 8 nitrogen and oxygen atoms in total. The molecular weight excluding hydrogens is 409 g/mol. The highest BCUT2D eigenvalue weighted by molar-refractivity contribution is 6.34. The van der Waals surface area contributed by atoms with Gasteiger partial charge in [-0.25, -0.2) is 4.39 Å². The first kappa shape index (κ1) is 19.7. The number of alkyl halides is 1. The summed E-state index contributed by atoms with van der Waals surface area (Å²) in [6.07, 6.45) is -2.82. The Morgan fingerprint density at radius 1 is 1.21 bits per heavy atom. The monoisotopic (exact) mass is 423 g/mol. The Morgan fingerprint density at radius 3 is 2.48 bits per heavy atom. The van der Waals surface area contributed by atoms with Crippen molar-refractivity contribution in [2.24, 2.45) is 29.4 Å². The lowest BCUT2D eigenvalue weighted by Gasteiger charge is -2.49. The molecule has 0 radical (unpaired) electrons. The molecule has 0 spiro atoms.